The van der Waals surface area contributed by atoms with Gasteiger partial charge in [-0.1, -0.05) is 30.3 Å². The molecule has 0 amide bonds. The molecule has 104 valence electrons. The van der Waals surface area contributed by atoms with E-state index < -0.39 is 0 Å². The highest BCUT2D eigenvalue weighted by atomic mass is 32.1. The minimum absolute atomic E-state index is 0.149. The van der Waals surface area contributed by atoms with Gasteiger partial charge < -0.3 is 9.47 Å². The van der Waals surface area contributed by atoms with Crippen LogP contribution in [0.5, 0.6) is 5.75 Å². The van der Waals surface area contributed by atoms with Crippen molar-refractivity contribution in [3.63, 3.8) is 0 Å². The Balaban J connectivity index is 1.57. The molecule has 4 heteroatoms. The van der Waals surface area contributed by atoms with Gasteiger partial charge in [-0.25, -0.2) is 0 Å². The first-order chi connectivity index (χ1) is 9.83. The van der Waals surface area contributed by atoms with Gasteiger partial charge in [-0.05, 0) is 23.4 Å². The molecule has 3 rings (SSSR count). The van der Waals surface area contributed by atoms with Crippen molar-refractivity contribution in [3.8, 4) is 5.75 Å². The Hall–Kier alpha value is -1.65. The largest absolute Gasteiger partial charge is 0.489 e. The molecular formula is C16H16O3S. The third kappa shape index (κ3) is 3.46. The number of rotatable bonds is 7. The van der Waals surface area contributed by atoms with E-state index in [1.807, 2.05) is 41.8 Å². The quantitative estimate of drug-likeness (QED) is 0.579. The van der Waals surface area contributed by atoms with Crippen LogP contribution in [0.15, 0.2) is 41.8 Å². The van der Waals surface area contributed by atoms with E-state index in [0.717, 1.165) is 17.9 Å². The number of ether oxygens (including phenoxy) is 2. The first-order valence-electron chi connectivity index (χ1n) is 6.72. The molecule has 1 atom stereocenters. The van der Waals surface area contributed by atoms with Crippen molar-refractivity contribution in [1.82, 2.24) is 0 Å². The van der Waals surface area contributed by atoms with Crippen molar-refractivity contribution in [3.05, 3.63) is 52.2 Å². The number of ketones is 1. The lowest BCUT2D eigenvalue weighted by molar-refractivity contribution is 0.0982. The van der Waals surface area contributed by atoms with E-state index in [1.165, 1.54) is 16.9 Å². The zero-order chi connectivity index (χ0) is 13.8. The van der Waals surface area contributed by atoms with Gasteiger partial charge in [0.15, 0.2) is 5.78 Å². The number of hydrogen-bond donors (Lipinski definition) is 0. The van der Waals surface area contributed by atoms with Crippen molar-refractivity contribution in [1.29, 1.82) is 0 Å². The maximum atomic E-state index is 12.3. The Labute approximate surface area is 122 Å². The van der Waals surface area contributed by atoms with Crippen LogP contribution < -0.4 is 4.74 Å². The van der Waals surface area contributed by atoms with Crippen LogP contribution in [0.3, 0.4) is 0 Å². The monoisotopic (exact) mass is 288 g/mol. The highest BCUT2D eigenvalue weighted by molar-refractivity contribution is 7.12. The average Bonchev–Trinajstić information content (AvgIpc) is 3.20. The fourth-order valence-corrected chi connectivity index (χ4v) is 2.78. The number of Topliss-reactive ketones (excluding diaryl/α,β-unsaturated/α-hetero) is 1. The molecule has 1 unspecified atom stereocenters. The average molecular weight is 288 g/mol. The summed E-state index contributed by atoms with van der Waals surface area (Å²) in [4.78, 5) is 13.0. The Kier molecular flexibility index (Phi) is 4.14. The van der Waals surface area contributed by atoms with Crippen LogP contribution in [0.4, 0.5) is 0 Å². The van der Waals surface area contributed by atoms with Crippen molar-refractivity contribution < 1.29 is 14.3 Å². The maximum Gasteiger partial charge on any atom is 0.176 e. The minimum atomic E-state index is 0.149. The summed E-state index contributed by atoms with van der Waals surface area (Å²) in [5.41, 5.74) is 1.19. The molecule has 3 nitrogen and oxygen atoms in total. The van der Waals surface area contributed by atoms with Crippen molar-refractivity contribution >= 4 is 17.1 Å². The van der Waals surface area contributed by atoms with Gasteiger partial charge in [-0.3, -0.25) is 4.79 Å². The molecule has 0 N–H and O–H groups in total. The van der Waals surface area contributed by atoms with Gasteiger partial charge in [-0.2, -0.15) is 0 Å². The van der Waals surface area contributed by atoms with Gasteiger partial charge in [0.25, 0.3) is 0 Å². The van der Waals surface area contributed by atoms with Gasteiger partial charge in [0.2, 0.25) is 0 Å². The molecule has 1 fully saturated rings. The van der Waals surface area contributed by atoms with Crippen LogP contribution >= 0.6 is 11.3 Å². The predicted molar refractivity (Wildman–Crippen MR) is 78.6 cm³/mol. The zero-order valence-electron chi connectivity index (χ0n) is 11.1. The summed E-state index contributed by atoms with van der Waals surface area (Å²) in [5.74, 6) is 0.846. The Morgan fingerprint density at radius 2 is 2.10 bits per heavy atom. The van der Waals surface area contributed by atoms with Crippen LogP contribution in [0.1, 0.15) is 21.7 Å². The molecule has 0 saturated carbocycles. The molecule has 0 aliphatic carbocycles. The summed E-state index contributed by atoms with van der Waals surface area (Å²) >= 11 is 1.45. The summed E-state index contributed by atoms with van der Waals surface area (Å²) in [6.45, 7) is 1.30. The van der Waals surface area contributed by atoms with E-state index in [9.17, 15) is 4.79 Å². The second-order valence-electron chi connectivity index (χ2n) is 4.79. The maximum absolute atomic E-state index is 12.3. The van der Waals surface area contributed by atoms with Gasteiger partial charge in [0.05, 0.1) is 6.61 Å². The summed E-state index contributed by atoms with van der Waals surface area (Å²) in [7, 11) is 0. The van der Waals surface area contributed by atoms with Gasteiger partial charge in [-0.15, -0.1) is 11.3 Å². The molecule has 0 radical (unpaired) electrons. The fourth-order valence-electron chi connectivity index (χ4n) is 1.98. The molecule has 0 spiro atoms. The number of carbonyl (C=O) groups is 1. The second kappa shape index (κ2) is 6.20. The zero-order valence-corrected chi connectivity index (χ0v) is 11.9. The fraction of sp³-hybridized carbons (Fsp3) is 0.312. The van der Waals surface area contributed by atoms with E-state index in [4.69, 9.17) is 9.47 Å². The lowest BCUT2D eigenvalue weighted by atomic mass is 10.1. The third-order valence-electron chi connectivity index (χ3n) is 3.19. The summed E-state index contributed by atoms with van der Waals surface area (Å²) in [5, 5.41) is 1.90. The van der Waals surface area contributed by atoms with Crippen LogP contribution in [0.2, 0.25) is 0 Å². The smallest absolute Gasteiger partial charge is 0.176 e. The summed E-state index contributed by atoms with van der Waals surface area (Å²) in [6.07, 6.45) is 1.49. The van der Waals surface area contributed by atoms with E-state index in [-0.39, 0.29) is 11.9 Å². The highest BCUT2D eigenvalue weighted by Crippen LogP contribution is 2.27. The first kappa shape index (κ1) is 13.3. The molecule has 2 heterocycles. The number of carbonyl (C=O) groups excluding carboxylic acids is 1. The van der Waals surface area contributed by atoms with Crippen molar-refractivity contribution in [2.75, 3.05) is 13.2 Å². The van der Waals surface area contributed by atoms with E-state index in [0.29, 0.717) is 18.8 Å². The summed E-state index contributed by atoms with van der Waals surface area (Å²) < 4.78 is 10.7. The highest BCUT2D eigenvalue weighted by Gasteiger charge is 2.24. The minimum Gasteiger partial charge on any atom is -0.489 e. The Morgan fingerprint density at radius 3 is 2.85 bits per heavy atom. The molecule has 2 aromatic rings. The van der Waals surface area contributed by atoms with Gasteiger partial charge >= 0.3 is 0 Å². The van der Waals surface area contributed by atoms with Crippen LogP contribution in [0.25, 0.3) is 0 Å². The van der Waals surface area contributed by atoms with Crippen LogP contribution in [-0.4, -0.2) is 25.1 Å². The number of epoxide rings is 1. The molecule has 20 heavy (non-hydrogen) atoms. The number of thiophene rings is 1. The lowest BCUT2D eigenvalue weighted by Gasteiger charge is -2.05. The molecule has 1 aliphatic heterocycles. The topological polar surface area (TPSA) is 38.8 Å². The van der Waals surface area contributed by atoms with E-state index in [1.54, 1.807) is 0 Å². The van der Waals surface area contributed by atoms with Gasteiger partial charge in [0.1, 0.15) is 23.3 Å². The Morgan fingerprint density at radius 1 is 1.30 bits per heavy atom. The number of hydrogen-bond acceptors (Lipinski definition) is 4. The molecule has 1 saturated heterocycles. The van der Waals surface area contributed by atoms with Crippen LogP contribution in [0, 0.1) is 0 Å². The lowest BCUT2D eigenvalue weighted by Crippen LogP contribution is -2.07. The Bertz CT molecular complexity index is 572. The molecule has 1 aliphatic rings. The molecule has 0 bridgehead atoms. The SMILES string of the molecule is O=C(CCc1ccccc1)c1sccc1OCC1CO1. The second-order valence-corrected chi connectivity index (χ2v) is 5.71. The van der Waals surface area contributed by atoms with Crippen LogP contribution in [-0.2, 0) is 11.2 Å². The molecule has 1 aromatic heterocycles. The number of benzene rings is 1. The normalized spacial score (nSPS) is 16.9. The first-order valence-corrected chi connectivity index (χ1v) is 7.60. The van der Waals surface area contributed by atoms with Gasteiger partial charge in [0, 0.05) is 6.42 Å². The van der Waals surface area contributed by atoms with Crippen molar-refractivity contribution in [2.45, 2.75) is 18.9 Å². The number of aryl methyl sites for hydroxylation is 1. The van der Waals surface area contributed by atoms with Crippen molar-refractivity contribution in [2.24, 2.45) is 0 Å². The van der Waals surface area contributed by atoms with E-state index in [2.05, 4.69) is 0 Å². The van der Waals surface area contributed by atoms with E-state index >= 15 is 0 Å². The summed E-state index contributed by atoms with van der Waals surface area (Å²) in [6, 6.07) is 11.9. The molecular weight excluding hydrogens is 272 g/mol. The standard InChI is InChI=1S/C16H16O3S/c17-14(7-6-12-4-2-1-3-5-12)16-15(8-9-20-16)19-11-13-10-18-13/h1-5,8-9,13H,6-7,10-11H2. The molecule has 1 aromatic carbocycles. The third-order valence-corrected chi connectivity index (χ3v) is 4.13. The predicted octanol–water partition coefficient (Wildman–Crippen LogP) is 3.34.